The van der Waals surface area contributed by atoms with Gasteiger partial charge in [0.15, 0.2) is 0 Å². The minimum absolute atomic E-state index is 0.139. The number of ketones is 1. The minimum Gasteiger partial charge on any atom is -0.507 e. The summed E-state index contributed by atoms with van der Waals surface area (Å²) in [5.74, 6) is -2.00. The van der Waals surface area contributed by atoms with Crippen LogP contribution < -0.4 is 4.74 Å². The molecule has 0 aliphatic carbocycles. The van der Waals surface area contributed by atoms with Crippen molar-refractivity contribution in [3.05, 3.63) is 71.0 Å². The molecule has 1 saturated heterocycles. The maximum atomic E-state index is 14.7. The Bertz CT molecular complexity index is 987. The molecule has 1 aliphatic rings. The number of likely N-dealkylation sites (tertiary alicyclic amines) is 1. The first kappa shape index (κ1) is 22.5. The fourth-order valence-electron chi connectivity index (χ4n) is 3.62. The summed E-state index contributed by atoms with van der Waals surface area (Å²) in [6.07, 6.45) is 1.28. The Balaban J connectivity index is 2.10. The SMILES string of the molecule is CCCOc1cccc(C(O)=C2C(=O)C(=O)N(CCCOC)C2c2ccccc2F)c1. The van der Waals surface area contributed by atoms with Crippen LogP contribution in [0.2, 0.25) is 0 Å². The first-order chi connectivity index (χ1) is 15.0. The van der Waals surface area contributed by atoms with Crippen molar-refractivity contribution in [1.29, 1.82) is 0 Å². The molecule has 0 saturated carbocycles. The molecule has 2 aromatic rings. The van der Waals surface area contributed by atoms with E-state index >= 15 is 0 Å². The molecule has 1 unspecified atom stereocenters. The Morgan fingerprint density at radius 3 is 2.61 bits per heavy atom. The van der Waals surface area contributed by atoms with Crippen molar-refractivity contribution >= 4 is 17.4 Å². The van der Waals surface area contributed by atoms with Gasteiger partial charge in [-0.25, -0.2) is 4.39 Å². The number of nitrogens with zero attached hydrogens (tertiary/aromatic N) is 1. The summed E-state index contributed by atoms with van der Waals surface area (Å²) in [4.78, 5) is 27.0. The predicted octanol–water partition coefficient (Wildman–Crippen LogP) is 4.07. The van der Waals surface area contributed by atoms with Gasteiger partial charge in [0.2, 0.25) is 0 Å². The van der Waals surface area contributed by atoms with Crippen molar-refractivity contribution in [2.75, 3.05) is 26.9 Å². The number of ether oxygens (including phenoxy) is 2. The Morgan fingerprint density at radius 2 is 1.90 bits per heavy atom. The molecule has 7 heteroatoms. The lowest BCUT2D eigenvalue weighted by molar-refractivity contribution is -0.140. The first-order valence-electron chi connectivity index (χ1n) is 10.2. The number of carbonyl (C=O) groups is 2. The zero-order chi connectivity index (χ0) is 22.4. The summed E-state index contributed by atoms with van der Waals surface area (Å²) in [5, 5.41) is 11.0. The van der Waals surface area contributed by atoms with E-state index in [9.17, 15) is 19.1 Å². The number of carbonyl (C=O) groups excluding carboxylic acids is 2. The minimum atomic E-state index is -1.03. The van der Waals surface area contributed by atoms with Crippen LogP contribution >= 0.6 is 0 Å². The standard InChI is InChI=1S/C24H26FNO5/c1-3-13-31-17-9-6-8-16(15-17)22(27)20-21(18-10-4-5-11-19(18)25)26(12-7-14-30-2)24(29)23(20)28/h4-6,8-11,15,21,27H,3,7,12-14H2,1-2H3. The molecule has 1 aliphatic heterocycles. The third kappa shape index (κ3) is 4.77. The zero-order valence-electron chi connectivity index (χ0n) is 17.6. The van der Waals surface area contributed by atoms with E-state index in [0.29, 0.717) is 30.9 Å². The second-order valence-electron chi connectivity index (χ2n) is 7.24. The van der Waals surface area contributed by atoms with Crippen LogP contribution in [0.5, 0.6) is 5.75 Å². The summed E-state index contributed by atoms with van der Waals surface area (Å²) in [6, 6.07) is 11.6. The molecule has 0 aromatic heterocycles. The van der Waals surface area contributed by atoms with E-state index in [-0.39, 0.29) is 23.4 Å². The van der Waals surface area contributed by atoms with Crippen molar-refractivity contribution in [3.8, 4) is 5.75 Å². The third-order valence-corrected chi connectivity index (χ3v) is 5.07. The molecule has 0 spiro atoms. The van der Waals surface area contributed by atoms with E-state index in [4.69, 9.17) is 9.47 Å². The summed E-state index contributed by atoms with van der Waals surface area (Å²) in [7, 11) is 1.54. The van der Waals surface area contributed by atoms with E-state index in [2.05, 4.69) is 0 Å². The molecule has 0 radical (unpaired) electrons. The Kier molecular flexibility index (Phi) is 7.41. The monoisotopic (exact) mass is 427 g/mol. The van der Waals surface area contributed by atoms with E-state index in [0.717, 1.165) is 6.42 Å². The van der Waals surface area contributed by atoms with Crippen LogP contribution in [0, 0.1) is 5.82 Å². The molecule has 1 atom stereocenters. The molecule has 1 heterocycles. The maximum Gasteiger partial charge on any atom is 0.295 e. The van der Waals surface area contributed by atoms with Crippen molar-refractivity contribution in [1.82, 2.24) is 4.90 Å². The van der Waals surface area contributed by atoms with Crippen molar-refractivity contribution in [3.63, 3.8) is 0 Å². The highest BCUT2D eigenvalue weighted by molar-refractivity contribution is 6.46. The molecule has 1 fully saturated rings. The van der Waals surface area contributed by atoms with E-state index in [1.54, 1.807) is 30.3 Å². The van der Waals surface area contributed by atoms with Gasteiger partial charge in [-0.3, -0.25) is 9.59 Å². The lowest BCUT2D eigenvalue weighted by atomic mass is 9.95. The van der Waals surface area contributed by atoms with Crippen LogP contribution in [-0.4, -0.2) is 48.6 Å². The number of hydrogen-bond donors (Lipinski definition) is 1. The third-order valence-electron chi connectivity index (χ3n) is 5.07. The summed E-state index contributed by atoms with van der Waals surface area (Å²) < 4.78 is 25.4. The van der Waals surface area contributed by atoms with Gasteiger partial charge in [-0.15, -0.1) is 0 Å². The van der Waals surface area contributed by atoms with Crippen LogP contribution in [0.4, 0.5) is 4.39 Å². The maximum absolute atomic E-state index is 14.7. The van der Waals surface area contributed by atoms with Gasteiger partial charge in [-0.05, 0) is 31.0 Å². The zero-order valence-corrected chi connectivity index (χ0v) is 17.6. The number of rotatable bonds is 9. The van der Waals surface area contributed by atoms with Gasteiger partial charge in [0.1, 0.15) is 17.3 Å². The molecule has 1 amide bonds. The van der Waals surface area contributed by atoms with Crippen molar-refractivity contribution < 1.29 is 28.6 Å². The molecule has 2 aromatic carbocycles. The van der Waals surface area contributed by atoms with Crippen molar-refractivity contribution in [2.24, 2.45) is 0 Å². The number of amides is 1. The number of Topliss-reactive ketones (excluding diaryl/α,β-unsaturated/α-hetero) is 1. The first-order valence-corrected chi connectivity index (χ1v) is 10.2. The molecule has 0 bridgehead atoms. The molecular formula is C24H26FNO5. The van der Waals surface area contributed by atoms with Crippen LogP contribution in [0.15, 0.2) is 54.1 Å². The quantitative estimate of drug-likeness (QED) is 0.283. The second-order valence-corrected chi connectivity index (χ2v) is 7.24. The molecule has 164 valence electrons. The van der Waals surface area contributed by atoms with E-state index in [1.807, 2.05) is 6.92 Å². The Hall–Kier alpha value is -3.19. The molecule has 6 nitrogen and oxygen atoms in total. The van der Waals surface area contributed by atoms with Crippen LogP contribution in [0.3, 0.4) is 0 Å². The predicted molar refractivity (Wildman–Crippen MR) is 114 cm³/mol. The second kappa shape index (κ2) is 10.2. The average molecular weight is 427 g/mol. The summed E-state index contributed by atoms with van der Waals surface area (Å²) in [6.45, 7) is 3.05. The summed E-state index contributed by atoms with van der Waals surface area (Å²) in [5.41, 5.74) is 0.337. The number of methoxy groups -OCH3 is 1. The van der Waals surface area contributed by atoms with Crippen LogP contribution in [0.1, 0.15) is 36.9 Å². The van der Waals surface area contributed by atoms with Gasteiger partial charge >= 0.3 is 0 Å². The Labute approximate surface area is 180 Å². The highest BCUT2D eigenvalue weighted by Gasteiger charge is 2.46. The smallest absolute Gasteiger partial charge is 0.295 e. The fraction of sp³-hybridized carbons (Fsp3) is 0.333. The number of hydrogen-bond acceptors (Lipinski definition) is 5. The fourth-order valence-corrected chi connectivity index (χ4v) is 3.62. The normalized spacial score (nSPS) is 17.9. The topological polar surface area (TPSA) is 76.1 Å². The average Bonchev–Trinajstić information content (AvgIpc) is 3.02. The molecule has 1 N–H and O–H groups in total. The van der Waals surface area contributed by atoms with Gasteiger partial charge < -0.3 is 19.5 Å². The largest absolute Gasteiger partial charge is 0.507 e. The highest BCUT2D eigenvalue weighted by Crippen LogP contribution is 2.40. The lowest BCUT2D eigenvalue weighted by Gasteiger charge is -2.25. The molecule has 3 rings (SSSR count). The number of aliphatic hydroxyl groups excluding tert-OH is 1. The molecule has 31 heavy (non-hydrogen) atoms. The van der Waals surface area contributed by atoms with Gasteiger partial charge in [-0.1, -0.05) is 37.3 Å². The van der Waals surface area contributed by atoms with Gasteiger partial charge in [0, 0.05) is 31.4 Å². The van der Waals surface area contributed by atoms with Crippen LogP contribution in [0.25, 0.3) is 5.76 Å². The van der Waals surface area contributed by atoms with Gasteiger partial charge in [-0.2, -0.15) is 0 Å². The number of aliphatic hydroxyl groups is 1. The van der Waals surface area contributed by atoms with E-state index in [1.165, 1.54) is 30.2 Å². The van der Waals surface area contributed by atoms with Crippen LogP contribution in [-0.2, 0) is 14.3 Å². The van der Waals surface area contributed by atoms with Crippen molar-refractivity contribution in [2.45, 2.75) is 25.8 Å². The number of benzene rings is 2. The Morgan fingerprint density at radius 1 is 1.13 bits per heavy atom. The molecular weight excluding hydrogens is 401 g/mol. The van der Waals surface area contributed by atoms with Gasteiger partial charge in [0.25, 0.3) is 11.7 Å². The lowest BCUT2D eigenvalue weighted by Crippen LogP contribution is -2.31. The van der Waals surface area contributed by atoms with E-state index < -0.39 is 23.5 Å². The highest BCUT2D eigenvalue weighted by atomic mass is 19.1. The van der Waals surface area contributed by atoms with Gasteiger partial charge in [0.05, 0.1) is 18.2 Å². The summed E-state index contributed by atoms with van der Waals surface area (Å²) >= 11 is 0. The number of halogens is 1.